The second kappa shape index (κ2) is 73.7. The average Bonchev–Trinajstić information content (AvgIpc) is 0.825. The molecule has 0 aliphatic heterocycles. The number of rotatable bonds is 51. The molecule has 0 aromatic heterocycles. The lowest BCUT2D eigenvalue weighted by Crippen LogP contribution is -2.14. The summed E-state index contributed by atoms with van der Waals surface area (Å²) in [6.07, 6.45) is 16.9. The molecule has 0 bridgehead atoms. The smallest absolute Gasteiger partial charge is 0.313 e. The van der Waals surface area contributed by atoms with E-state index < -0.39 is 0 Å². The van der Waals surface area contributed by atoms with Crippen molar-refractivity contribution in [3.63, 3.8) is 0 Å². The van der Waals surface area contributed by atoms with E-state index >= 15 is 0 Å². The van der Waals surface area contributed by atoms with Gasteiger partial charge < -0.3 is 68.2 Å². The van der Waals surface area contributed by atoms with E-state index in [1.54, 1.807) is 32.4 Å². The number of carbonyl (C=O) groups excluding carboxylic acids is 7. The Kier molecular flexibility index (Phi) is 60.9. The number of carbonyl (C=O) groups is 7. The molecule has 1 atom stereocenters. The standard InChI is InChI=1S/C20H24O3.C19H22O3.C18H20O3.C18H20O2.C17H26O2.C16H18O3.C14H20O5/c21-14-6-1-2-7-15-23-20(22)16-17-10-12-19(13-11-17)18-8-4-3-5-9-18;20-13-5-2-6-14-22-19(21)15-16-9-11-18(12-10-16)17-7-3-1-4-8-17;19-12-4-5-13-21-18(20)14-15-8-10-17(11-9-15)16-6-2-1-3-7-16;1-2-3-13-20-18(19)14-15-9-11-17(12-10-15)16-7-5-4-6-8-16;1-5-6-11-19-17(18)14(4)16-9-7-15(8-10-16)12-13(2)3;17-10-3-4-11-19-16(18)12-14-8-5-7-13-6-1-2-9-15(13)14;1-17-12-6-5-11(9-13(12)18-2)10-14(16)19-8-4-3-7-15/h3-5,8-13,21H,1-2,6-7,14-16H2;1,3-4,7-12,20H,2,5-6,13-15H2;1-3,6-11,19H,4-5,12-14H2;4-12H,2-3,13-14H2,1H3;7-10,13-14H,5-6,11-12H2,1-4H3;1-2,5-9,17H,3-4,10-12H2;5-6,9,15H,3-4,7-8,10H2,1-2H3. The van der Waals surface area contributed by atoms with Crippen LogP contribution in [-0.2, 0) is 112 Å². The number of methoxy groups -OCH3 is 2. The first kappa shape index (κ1) is 118. The van der Waals surface area contributed by atoms with E-state index in [0.717, 1.165) is 155 Å². The zero-order valence-electron chi connectivity index (χ0n) is 84.7. The van der Waals surface area contributed by atoms with E-state index in [0.29, 0.717) is 128 Å². The number of ether oxygens (including phenoxy) is 9. The molecule has 21 heteroatoms. The maximum absolute atomic E-state index is 11.9. The third-order valence-corrected chi connectivity index (χ3v) is 22.5. The van der Waals surface area contributed by atoms with Crippen molar-refractivity contribution in [1.82, 2.24) is 0 Å². The van der Waals surface area contributed by atoms with Gasteiger partial charge in [0.1, 0.15) is 0 Å². The minimum absolute atomic E-state index is 0.118. The third kappa shape index (κ3) is 50.7. The van der Waals surface area contributed by atoms with Gasteiger partial charge in [-0.3, -0.25) is 33.6 Å². The summed E-state index contributed by atoms with van der Waals surface area (Å²) in [6, 6.07) is 100. The Morgan fingerprint density at radius 2 is 0.524 bits per heavy atom. The van der Waals surface area contributed by atoms with Crippen molar-refractivity contribution in [2.45, 2.75) is 195 Å². The largest absolute Gasteiger partial charge is 0.493 e. The molecule has 0 saturated carbocycles. The maximum atomic E-state index is 11.9. The highest BCUT2D eigenvalue weighted by atomic mass is 16.6. The van der Waals surface area contributed by atoms with Gasteiger partial charge in [0.15, 0.2) is 11.5 Å². The molecule has 0 saturated heterocycles. The van der Waals surface area contributed by atoms with Crippen LogP contribution in [0.5, 0.6) is 11.5 Å². The van der Waals surface area contributed by atoms with Crippen molar-refractivity contribution in [3.8, 4) is 56.0 Å². The van der Waals surface area contributed by atoms with Gasteiger partial charge >= 0.3 is 41.8 Å². The monoisotopic (exact) mass is 1950 g/mol. The summed E-state index contributed by atoms with van der Waals surface area (Å²) >= 11 is 0. The van der Waals surface area contributed by atoms with Gasteiger partial charge in [-0.15, -0.1) is 0 Å². The fourth-order valence-electron chi connectivity index (χ4n) is 14.4. The van der Waals surface area contributed by atoms with Gasteiger partial charge in [0.05, 0.1) is 105 Å². The molecular formula is C122H150O21. The van der Waals surface area contributed by atoms with E-state index in [-0.39, 0.29) is 93.6 Å². The van der Waals surface area contributed by atoms with Crippen LogP contribution in [0, 0.1) is 5.92 Å². The summed E-state index contributed by atoms with van der Waals surface area (Å²) in [5.41, 5.74) is 17.3. The molecule has 12 rings (SSSR count). The number of aliphatic hydroxyl groups is 5. The molecule has 764 valence electrons. The molecule has 5 N–H and O–H groups in total. The van der Waals surface area contributed by atoms with Crippen molar-refractivity contribution in [2.24, 2.45) is 5.92 Å². The van der Waals surface area contributed by atoms with Crippen molar-refractivity contribution in [3.05, 3.63) is 348 Å². The van der Waals surface area contributed by atoms with Crippen LogP contribution in [0.25, 0.3) is 55.3 Å². The van der Waals surface area contributed by atoms with E-state index in [1.807, 2.05) is 231 Å². The van der Waals surface area contributed by atoms with Gasteiger partial charge in [-0.1, -0.05) is 338 Å². The number of esters is 7. The Morgan fingerprint density at radius 3 is 0.867 bits per heavy atom. The van der Waals surface area contributed by atoms with Gasteiger partial charge in [-0.2, -0.15) is 0 Å². The van der Waals surface area contributed by atoms with Crippen LogP contribution in [0.1, 0.15) is 194 Å². The summed E-state index contributed by atoms with van der Waals surface area (Å²) in [6.45, 7) is 14.4. The quantitative estimate of drug-likeness (QED) is 0.0134. The molecule has 12 aromatic carbocycles. The second-order valence-electron chi connectivity index (χ2n) is 34.6. The maximum Gasteiger partial charge on any atom is 0.313 e. The second-order valence-corrected chi connectivity index (χ2v) is 34.6. The number of hydrogen-bond donors (Lipinski definition) is 5. The molecule has 0 heterocycles. The highest BCUT2D eigenvalue weighted by Gasteiger charge is 2.19. The van der Waals surface area contributed by atoms with Crippen LogP contribution < -0.4 is 9.47 Å². The van der Waals surface area contributed by atoms with Crippen molar-refractivity contribution >= 4 is 52.6 Å². The number of fused-ring (bicyclic) bond motifs is 1. The van der Waals surface area contributed by atoms with Gasteiger partial charge in [0.2, 0.25) is 0 Å². The Morgan fingerprint density at radius 1 is 0.252 bits per heavy atom. The van der Waals surface area contributed by atoms with E-state index in [4.69, 9.17) is 68.2 Å². The topological polar surface area (TPSA) is 304 Å². The van der Waals surface area contributed by atoms with Crippen LogP contribution in [0.2, 0.25) is 0 Å². The van der Waals surface area contributed by atoms with Crippen molar-refractivity contribution in [1.29, 1.82) is 0 Å². The van der Waals surface area contributed by atoms with Crippen LogP contribution in [-0.4, -0.2) is 161 Å². The lowest BCUT2D eigenvalue weighted by molar-refractivity contribution is -0.145. The first-order chi connectivity index (χ1) is 69.7. The zero-order valence-corrected chi connectivity index (χ0v) is 84.7. The predicted molar refractivity (Wildman–Crippen MR) is 569 cm³/mol. The average molecular weight is 1950 g/mol. The summed E-state index contributed by atoms with van der Waals surface area (Å²) in [4.78, 5) is 82.0. The van der Waals surface area contributed by atoms with E-state index in [9.17, 15) is 33.6 Å². The van der Waals surface area contributed by atoms with Gasteiger partial charge in [-0.05, 0) is 221 Å². The van der Waals surface area contributed by atoms with Gasteiger partial charge in [0.25, 0.3) is 0 Å². The van der Waals surface area contributed by atoms with Crippen molar-refractivity contribution < 1.29 is 102 Å². The number of benzene rings is 12. The predicted octanol–water partition coefficient (Wildman–Crippen LogP) is 23.6. The summed E-state index contributed by atoms with van der Waals surface area (Å²) in [5, 5.41) is 45.5. The molecule has 143 heavy (non-hydrogen) atoms. The van der Waals surface area contributed by atoms with Crippen LogP contribution in [0.3, 0.4) is 0 Å². The normalized spacial score (nSPS) is 10.6. The fourth-order valence-corrected chi connectivity index (χ4v) is 14.4. The molecule has 0 spiro atoms. The molecule has 1 unspecified atom stereocenters. The van der Waals surface area contributed by atoms with Crippen LogP contribution in [0.4, 0.5) is 0 Å². The number of aliphatic hydroxyl groups excluding tert-OH is 5. The molecule has 0 aliphatic carbocycles. The van der Waals surface area contributed by atoms with Crippen LogP contribution in [0.15, 0.2) is 303 Å². The molecule has 0 amide bonds. The molecule has 21 nitrogen and oxygen atoms in total. The highest BCUT2D eigenvalue weighted by molar-refractivity contribution is 5.89. The van der Waals surface area contributed by atoms with Crippen molar-refractivity contribution in [2.75, 3.05) is 93.5 Å². The Labute approximate surface area is 847 Å². The molecular weight excluding hydrogens is 1800 g/mol. The first-order valence-electron chi connectivity index (χ1n) is 50.2. The summed E-state index contributed by atoms with van der Waals surface area (Å²) in [5.74, 6) is 0.329. The van der Waals surface area contributed by atoms with Gasteiger partial charge in [-0.25, -0.2) is 0 Å². The lowest BCUT2D eigenvalue weighted by Gasteiger charge is -2.12. The summed E-state index contributed by atoms with van der Waals surface area (Å²) < 4.78 is 46.4. The Hall–Kier alpha value is -13.4. The van der Waals surface area contributed by atoms with E-state index in [1.165, 1.54) is 22.3 Å². The number of hydrogen-bond acceptors (Lipinski definition) is 21. The minimum Gasteiger partial charge on any atom is -0.493 e. The fraction of sp³-hybridized carbons (Fsp3) is 0.369. The summed E-state index contributed by atoms with van der Waals surface area (Å²) in [7, 11) is 3.11. The molecule has 0 aliphatic rings. The Bertz CT molecular complexity index is 5440. The minimum atomic E-state index is -0.287. The molecule has 0 fully saturated rings. The zero-order chi connectivity index (χ0) is 103. The van der Waals surface area contributed by atoms with Crippen LogP contribution >= 0.6 is 0 Å². The highest BCUT2D eigenvalue weighted by Crippen LogP contribution is 2.30. The Balaban J connectivity index is 0.000000256. The van der Waals surface area contributed by atoms with Gasteiger partial charge in [0, 0.05) is 33.0 Å². The SMILES string of the molecule is CCCCOC(=O)C(C)c1ccc(CC(C)C)cc1.CCCCOC(=O)Cc1ccc(-c2ccccc2)cc1.COc1ccc(CC(=O)OCCCCO)cc1OC.O=C(Cc1ccc(-c2ccccc2)cc1)OCCCCCCO.O=C(Cc1ccc(-c2ccccc2)cc1)OCCCCCO.O=C(Cc1ccc(-c2ccccc2)cc1)OCCCCO.O=C(Cc1cccc2ccccc12)OCCCCO. The molecule has 12 aromatic rings. The lowest BCUT2D eigenvalue weighted by atomic mass is 9.97. The first-order valence-corrected chi connectivity index (χ1v) is 50.2. The third-order valence-electron chi connectivity index (χ3n) is 22.5. The molecule has 0 radical (unpaired) electrons. The number of unbranched alkanes of at least 4 members (excludes halogenated alkanes) is 10. The van der Waals surface area contributed by atoms with E-state index in [2.05, 4.69) is 88.4 Å².